The summed E-state index contributed by atoms with van der Waals surface area (Å²) in [5.74, 6) is -3.83. The molecule has 0 aliphatic carbocycles. The number of carboxylic acids is 1. The molecule has 0 spiro atoms. The third-order valence-corrected chi connectivity index (χ3v) is 1.91. The van der Waals surface area contributed by atoms with Crippen LogP contribution in [0.4, 0.5) is 17.6 Å². The average Bonchev–Trinajstić information content (AvgIpc) is 2.20. The molecule has 18 heavy (non-hydrogen) atoms. The lowest BCUT2D eigenvalue weighted by atomic mass is 10.1. The standard InChI is InChI=1S/C9H8F4N2O3/c10-5-3-15-6(1-7(16)17)4(2-14)8(5)18-9(11,12)13/h3H,1-2,14H2,(H,16,17). The summed E-state index contributed by atoms with van der Waals surface area (Å²) in [4.78, 5) is 13.9. The van der Waals surface area contributed by atoms with Gasteiger partial charge in [-0.05, 0) is 0 Å². The van der Waals surface area contributed by atoms with E-state index in [9.17, 15) is 22.4 Å². The Balaban J connectivity index is 3.25. The van der Waals surface area contributed by atoms with Crippen molar-refractivity contribution in [2.75, 3.05) is 0 Å². The Morgan fingerprint density at radius 3 is 2.56 bits per heavy atom. The molecule has 0 amide bonds. The maximum Gasteiger partial charge on any atom is 0.573 e. The number of pyridine rings is 1. The predicted molar refractivity (Wildman–Crippen MR) is 50.1 cm³/mol. The van der Waals surface area contributed by atoms with E-state index >= 15 is 0 Å². The maximum absolute atomic E-state index is 13.2. The molecule has 0 aliphatic heterocycles. The van der Waals surface area contributed by atoms with Gasteiger partial charge in [-0.15, -0.1) is 13.2 Å². The second kappa shape index (κ2) is 5.17. The minimum Gasteiger partial charge on any atom is -0.481 e. The van der Waals surface area contributed by atoms with E-state index in [0.717, 1.165) is 0 Å². The van der Waals surface area contributed by atoms with E-state index < -0.39 is 42.4 Å². The van der Waals surface area contributed by atoms with E-state index in [4.69, 9.17) is 10.8 Å². The zero-order valence-corrected chi connectivity index (χ0v) is 8.79. The lowest BCUT2D eigenvalue weighted by molar-refractivity contribution is -0.275. The lowest BCUT2D eigenvalue weighted by Gasteiger charge is -2.15. The van der Waals surface area contributed by atoms with Crippen molar-refractivity contribution >= 4 is 5.97 Å². The Labute approximate surface area is 98.2 Å². The van der Waals surface area contributed by atoms with Gasteiger partial charge in [-0.2, -0.15) is 0 Å². The van der Waals surface area contributed by atoms with Crippen LogP contribution in [0.1, 0.15) is 11.3 Å². The first-order chi connectivity index (χ1) is 8.24. The Hall–Kier alpha value is -1.90. The van der Waals surface area contributed by atoms with Gasteiger partial charge >= 0.3 is 12.3 Å². The first kappa shape index (κ1) is 14.2. The van der Waals surface area contributed by atoms with Crippen LogP contribution < -0.4 is 10.5 Å². The predicted octanol–water partition coefficient (Wildman–Crippen LogP) is 1.21. The fourth-order valence-corrected chi connectivity index (χ4v) is 1.28. The molecule has 1 heterocycles. The number of aromatic nitrogens is 1. The minimum absolute atomic E-state index is 0.273. The van der Waals surface area contributed by atoms with Crippen LogP contribution in [0, 0.1) is 5.82 Å². The van der Waals surface area contributed by atoms with Gasteiger partial charge in [0.15, 0.2) is 11.6 Å². The summed E-state index contributed by atoms with van der Waals surface area (Å²) in [5.41, 5.74) is 4.47. The average molecular weight is 268 g/mol. The number of rotatable bonds is 4. The highest BCUT2D eigenvalue weighted by Gasteiger charge is 2.34. The SMILES string of the molecule is NCc1c(CC(=O)O)ncc(F)c1OC(F)(F)F. The number of halogens is 4. The molecule has 0 atom stereocenters. The minimum atomic E-state index is -5.10. The summed E-state index contributed by atoms with van der Waals surface area (Å²) in [5, 5.41) is 8.54. The van der Waals surface area contributed by atoms with Crippen LogP contribution in [0.2, 0.25) is 0 Å². The number of nitrogens with two attached hydrogens (primary N) is 1. The summed E-state index contributed by atoms with van der Waals surface area (Å²) in [6.07, 6.45) is -5.33. The molecular weight excluding hydrogens is 260 g/mol. The van der Waals surface area contributed by atoms with Crippen LogP contribution in [-0.4, -0.2) is 22.4 Å². The second-order valence-corrected chi connectivity index (χ2v) is 3.18. The molecule has 0 saturated carbocycles. The monoisotopic (exact) mass is 268 g/mol. The first-order valence-corrected chi connectivity index (χ1v) is 4.58. The van der Waals surface area contributed by atoms with E-state index in [1.54, 1.807) is 0 Å². The highest BCUT2D eigenvalue weighted by Crippen LogP contribution is 2.30. The highest BCUT2D eigenvalue weighted by molar-refractivity contribution is 5.70. The van der Waals surface area contributed by atoms with Crippen LogP contribution >= 0.6 is 0 Å². The van der Waals surface area contributed by atoms with Crippen LogP contribution in [0.25, 0.3) is 0 Å². The van der Waals surface area contributed by atoms with Crippen LogP contribution in [-0.2, 0) is 17.8 Å². The summed E-state index contributed by atoms with van der Waals surface area (Å²) in [6, 6.07) is 0. The van der Waals surface area contributed by atoms with Gasteiger partial charge in [0.2, 0.25) is 0 Å². The lowest BCUT2D eigenvalue weighted by Crippen LogP contribution is -2.21. The Morgan fingerprint density at radius 2 is 2.11 bits per heavy atom. The normalized spacial score (nSPS) is 11.4. The summed E-state index contributed by atoms with van der Waals surface area (Å²) in [6.45, 7) is -0.529. The molecule has 0 saturated heterocycles. The zero-order chi connectivity index (χ0) is 13.9. The number of carbonyl (C=O) groups is 1. The molecule has 100 valence electrons. The van der Waals surface area contributed by atoms with Gasteiger partial charge < -0.3 is 15.6 Å². The third kappa shape index (κ3) is 3.55. The van der Waals surface area contributed by atoms with Crippen molar-refractivity contribution < 1.29 is 32.2 Å². The molecule has 0 aromatic carbocycles. The fourth-order valence-electron chi connectivity index (χ4n) is 1.28. The molecule has 5 nitrogen and oxygen atoms in total. The largest absolute Gasteiger partial charge is 0.573 e. The molecule has 1 aromatic rings. The molecule has 0 radical (unpaired) electrons. The number of ether oxygens (including phenoxy) is 1. The van der Waals surface area contributed by atoms with Crippen molar-refractivity contribution in [1.29, 1.82) is 0 Å². The summed E-state index contributed by atoms with van der Waals surface area (Å²) in [7, 11) is 0. The van der Waals surface area contributed by atoms with E-state index in [0.29, 0.717) is 6.20 Å². The number of alkyl halides is 3. The highest BCUT2D eigenvalue weighted by atomic mass is 19.4. The summed E-state index contributed by atoms with van der Waals surface area (Å²) >= 11 is 0. The Kier molecular flexibility index (Phi) is 4.07. The van der Waals surface area contributed by atoms with Gasteiger partial charge in [0.1, 0.15) is 0 Å². The van der Waals surface area contributed by atoms with Crippen LogP contribution in [0.5, 0.6) is 5.75 Å². The number of carboxylic acid groups (broad SMARTS) is 1. The molecule has 1 rings (SSSR count). The van der Waals surface area contributed by atoms with Gasteiger partial charge in [0.25, 0.3) is 0 Å². The number of aliphatic carboxylic acids is 1. The quantitative estimate of drug-likeness (QED) is 0.801. The molecule has 0 fully saturated rings. The maximum atomic E-state index is 13.2. The van der Waals surface area contributed by atoms with Gasteiger partial charge in [0.05, 0.1) is 18.3 Å². The van der Waals surface area contributed by atoms with Gasteiger partial charge in [0, 0.05) is 12.1 Å². The van der Waals surface area contributed by atoms with Gasteiger partial charge in [-0.1, -0.05) is 0 Å². The molecular formula is C9H8F4N2O3. The molecule has 0 unspecified atom stereocenters. The van der Waals surface area contributed by atoms with E-state index in [1.165, 1.54) is 0 Å². The summed E-state index contributed by atoms with van der Waals surface area (Å²) < 4.78 is 52.9. The van der Waals surface area contributed by atoms with Crippen molar-refractivity contribution in [2.24, 2.45) is 5.73 Å². The number of hydrogen-bond donors (Lipinski definition) is 2. The fraction of sp³-hybridized carbons (Fsp3) is 0.333. The van der Waals surface area contributed by atoms with E-state index in [2.05, 4.69) is 9.72 Å². The molecule has 3 N–H and O–H groups in total. The number of hydrogen-bond acceptors (Lipinski definition) is 4. The van der Waals surface area contributed by atoms with Gasteiger partial charge in [-0.25, -0.2) is 4.39 Å². The van der Waals surface area contributed by atoms with Crippen molar-refractivity contribution in [3.8, 4) is 5.75 Å². The van der Waals surface area contributed by atoms with Gasteiger partial charge in [-0.3, -0.25) is 9.78 Å². The Morgan fingerprint density at radius 1 is 1.50 bits per heavy atom. The number of nitrogens with zero attached hydrogens (tertiary/aromatic N) is 1. The van der Waals surface area contributed by atoms with E-state index in [1.807, 2.05) is 0 Å². The molecule has 0 bridgehead atoms. The van der Waals surface area contributed by atoms with E-state index in [-0.39, 0.29) is 5.69 Å². The second-order valence-electron chi connectivity index (χ2n) is 3.18. The molecule has 1 aromatic heterocycles. The van der Waals surface area contributed by atoms with Crippen LogP contribution in [0.3, 0.4) is 0 Å². The molecule has 0 aliphatic rings. The van der Waals surface area contributed by atoms with Crippen molar-refractivity contribution in [3.05, 3.63) is 23.3 Å². The van der Waals surface area contributed by atoms with Crippen molar-refractivity contribution in [2.45, 2.75) is 19.3 Å². The molecule has 9 heteroatoms. The van der Waals surface area contributed by atoms with Crippen molar-refractivity contribution in [3.63, 3.8) is 0 Å². The van der Waals surface area contributed by atoms with Crippen molar-refractivity contribution in [1.82, 2.24) is 4.98 Å². The topological polar surface area (TPSA) is 85.4 Å². The third-order valence-electron chi connectivity index (χ3n) is 1.91. The van der Waals surface area contributed by atoms with Crippen LogP contribution in [0.15, 0.2) is 6.20 Å². The first-order valence-electron chi connectivity index (χ1n) is 4.58. The zero-order valence-electron chi connectivity index (χ0n) is 8.79. The smallest absolute Gasteiger partial charge is 0.481 e. The Bertz CT molecular complexity index is 462.